The summed E-state index contributed by atoms with van der Waals surface area (Å²) >= 11 is 6.85. The molecular formula is C13H11Br2N3O. The Balaban J connectivity index is 2.36. The third-order valence-corrected chi connectivity index (χ3v) is 3.71. The standard InChI is InChI=1S/C13H11Br2N3O/c14-7-1-3-10(15)12(5-7)18-8-2-4-11(16)9(6-8)13(17)19/h1-6,18H,16H2,(H2,17,19). The molecule has 6 heteroatoms. The van der Waals surface area contributed by atoms with Crippen molar-refractivity contribution in [2.45, 2.75) is 0 Å². The van der Waals surface area contributed by atoms with Crippen molar-refractivity contribution in [2.24, 2.45) is 5.73 Å². The number of benzene rings is 2. The third-order valence-electron chi connectivity index (χ3n) is 2.53. The first kappa shape index (κ1) is 13.9. The zero-order valence-electron chi connectivity index (χ0n) is 9.78. The van der Waals surface area contributed by atoms with Gasteiger partial charge in [-0.3, -0.25) is 4.79 Å². The van der Waals surface area contributed by atoms with Crippen molar-refractivity contribution < 1.29 is 4.79 Å². The van der Waals surface area contributed by atoms with Crippen LogP contribution in [0.2, 0.25) is 0 Å². The van der Waals surface area contributed by atoms with E-state index in [2.05, 4.69) is 37.2 Å². The number of primary amides is 1. The molecule has 0 saturated carbocycles. The Hall–Kier alpha value is -1.53. The lowest BCUT2D eigenvalue weighted by Gasteiger charge is -2.11. The summed E-state index contributed by atoms with van der Waals surface area (Å²) in [6, 6.07) is 10.8. The number of nitrogen functional groups attached to an aromatic ring is 1. The van der Waals surface area contributed by atoms with Crippen LogP contribution in [0.3, 0.4) is 0 Å². The molecule has 0 unspecified atom stereocenters. The molecule has 0 aliphatic carbocycles. The van der Waals surface area contributed by atoms with Gasteiger partial charge in [0.1, 0.15) is 0 Å². The number of amides is 1. The van der Waals surface area contributed by atoms with Gasteiger partial charge in [-0.2, -0.15) is 0 Å². The summed E-state index contributed by atoms with van der Waals surface area (Å²) in [4.78, 5) is 11.2. The Morgan fingerprint density at radius 2 is 1.84 bits per heavy atom. The molecule has 0 atom stereocenters. The zero-order chi connectivity index (χ0) is 14.0. The predicted molar refractivity (Wildman–Crippen MR) is 84.5 cm³/mol. The molecule has 0 heterocycles. The van der Waals surface area contributed by atoms with Gasteiger partial charge in [0.2, 0.25) is 0 Å². The molecule has 5 N–H and O–H groups in total. The molecule has 98 valence electrons. The lowest BCUT2D eigenvalue weighted by molar-refractivity contribution is 0.100. The molecule has 0 spiro atoms. The van der Waals surface area contributed by atoms with E-state index in [1.165, 1.54) is 0 Å². The van der Waals surface area contributed by atoms with Crippen molar-refractivity contribution in [3.8, 4) is 0 Å². The summed E-state index contributed by atoms with van der Waals surface area (Å²) in [5.41, 5.74) is 13.2. The fraction of sp³-hybridized carbons (Fsp3) is 0. The van der Waals surface area contributed by atoms with Gasteiger partial charge in [-0.25, -0.2) is 0 Å². The molecule has 1 amide bonds. The number of carbonyl (C=O) groups excluding carboxylic acids is 1. The zero-order valence-corrected chi connectivity index (χ0v) is 13.0. The molecule has 2 rings (SSSR count). The van der Waals surface area contributed by atoms with Crippen molar-refractivity contribution in [1.82, 2.24) is 0 Å². The highest BCUT2D eigenvalue weighted by Crippen LogP contribution is 2.29. The monoisotopic (exact) mass is 383 g/mol. The topological polar surface area (TPSA) is 81.1 Å². The van der Waals surface area contributed by atoms with Crippen molar-refractivity contribution in [1.29, 1.82) is 0 Å². The highest BCUT2D eigenvalue weighted by atomic mass is 79.9. The van der Waals surface area contributed by atoms with E-state index in [1.54, 1.807) is 18.2 Å². The van der Waals surface area contributed by atoms with Crippen LogP contribution in [-0.4, -0.2) is 5.91 Å². The van der Waals surface area contributed by atoms with Gasteiger partial charge < -0.3 is 16.8 Å². The number of hydrogen-bond donors (Lipinski definition) is 3. The van der Waals surface area contributed by atoms with Crippen LogP contribution in [-0.2, 0) is 0 Å². The number of halogens is 2. The molecule has 0 saturated heterocycles. The predicted octanol–water partition coefficient (Wildman–Crippen LogP) is 3.64. The highest BCUT2D eigenvalue weighted by molar-refractivity contribution is 9.11. The maximum atomic E-state index is 11.2. The normalized spacial score (nSPS) is 10.2. The first-order chi connectivity index (χ1) is 8.97. The lowest BCUT2D eigenvalue weighted by atomic mass is 10.1. The largest absolute Gasteiger partial charge is 0.398 e. The second-order valence-corrected chi connectivity index (χ2v) is 5.69. The molecule has 0 aliphatic heterocycles. The van der Waals surface area contributed by atoms with E-state index in [1.807, 2.05) is 18.2 Å². The molecule has 0 radical (unpaired) electrons. The fourth-order valence-electron chi connectivity index (χ4n) is 1.60. The molecule has 0 fully saturated rings. The Morgan fingerprint density at radius 3 is 2.53 bits per heavy atom. The Labute approximate surface area is 127 Å². The fourth-order valence-corrected chi connectivity index (χ4v) is 2.30. The van der Waals surface area contributed by atoms with Gasteiger partial charge >= 0.3 is 0 Å². The SMILES string of the molecule is NC(=O)c1cc(Nc2cc(Br)ccc2Br)ccc1N. The summed E-state index contributed by atoms with van der Waals surface area (Å²) in [5, 5.41) is 3.20. The minimum atomic E-state index is -0.547. The van der Waals surface area contributed by atoms with Gasteiger partial charge in [0.25, 0.3) is 5.91 Å². The number of hydrogen-bond acceptors (Lipinski definition) is 3. The Morgan fingerprint density at radius 1 is 1.11 bits per heavy atom. The summed E-state index contributed by atoms with van der Waals surface area (Å²) in [6.45, 7) is 0. The third kappa shape index (κ3) is 3.27. The second-order valence-electron chi connectivity index (χ2n) is 3.92. The van der Waals surface area contributed by atoms with Gasteiger partial charge in [-0.15, -0.1) is 0 Å². The summed E-state index contributed by atoms with van der Waals surface area (Å²) in [5.74, 6) is -0.547. The molecular weight excluding hydrogens is 374 g/mol. The van der Waals surface area contributed by atoms with Gasteiger partial charge in [0.15, 0.2) is 0 Å². The van der Waals surface area contributed by atoms with E-state index >= 15 is 0 Å². The van der Waals surface area contributed by atoms with E-state index < -0.39 is 5.91 Å². The van der Waals surface area contributed by atoms with Crippen LogP contribution < -0.4 is 16.8 Å². The van der Waals surface area contributed by atoms with Crippen molar-refractivity contribution in [3.63, 3.8) is 0 Å². The summed E-state index contributed by atoms with van der Waals surface area (Å²) < 4.78 is 1.86. The van der Waals surface area contributed by atoms with Crippen LogP contribution in [0.1, 0.15) is 10.4 Å². The van der Waals surface area contributed by atoms with E-state index in [-0.39, 0.29) is 0 Å². The molecule has 0 aliphatic rings. The van der Waals surface area contributed by atoms with Crippen LogP contribution in [0.25, 0.3) is 0 Å². The molecule has 0 aromatic heterocycles. The Bertz CT molecular complexity index is 644. The van der Waals surface area contributed by atoms with Crippen molar-refractivity contribution in [3.05, 3.63) is 50.9 Å². The number of nitrogens with two attached hydrogens (primary N) is 2. The van der Waals surface area contributed by atoms with E-state index in [0.29, 0.717) is 11.3 Å². The van der Waals surface area contributed by atoms with E-state index in [9.17, 15) is 4.79 Å². The average Bonchev–Trinajstić information content (AvgIpc) is 2.36. The van der Waals surface area contributed by atoms with Crippen molar-refractivity contribution in [2.75, 3.05) is 11.1 Å². The van der Waals surface area contributed by atoms with Gasteiger partial charge in [0.05, 0.1) is 11.3 Å². The quantitative estimate of drug-likeness (QED) is 0.706. The number of nitrogens with one attached hydrogen (secondary N) is 1. The minimum Gasteiger partial charge on any atom is -0.398 e. The average molecular weight is 385 g/mol. The van der Waals surface area contributed by atoms with Crippen LogP contribution in [0, 0.1) is 0 Å². The first-order valence-corrected chi connectivity index (χ1v) is 6.97. The maximum Gasteiger partial charge on any atom is 0.250 e. The Kier molecular flexibility index (Phi) is 4.11. The number of carbonyl (C=O) groups is 1. The number of rotatable bonds is 3. The first-order valence-electron chi connectivity index (χ1n) is 5.39. The maximum absolute atomic E-state index is 11.2. The second kappa shape index (κ2) is 5.63. The van der Waals surface area contributed by atoms with Crippen molar-refractivity contribution >= 4 is 54.8 Å². The smallest absolute Gasteiger partial charge is 0.250 e. The minimum absolute atomic E-state index is 0.302. The van der Waals surface area contributed by atoms with Crippen LogP contribution in [0.15, 0.2) is 45.3 Å². The van der Waals surface area contributed by atoms with Gasteiger partial charge in [0, 0.05) is 20.3 Å². The van der Waals surface area contributed by atoms with Crippen LogP contribution >= 0.6 is 31.9 Å². The number of anilines is 3. The molecule has 4 nitrogen and oxygen atoms in total. The highest BCUT2D eigenvalue weighted by Gasteiger charge is 2.08. The molecule has 2 aromatic carbocycles. The van der Waals surface area contributed by atoms with Crippen LogP contribution in [0.5, 0.6) is 0 Å². The lowest BCUT2D eigenvalue weighted by Crippen LogP contribution is -2.13. The summed E-state index contributed by atoms with van der Waals surface area (Å²) in [7, 11) is 0. The molecule has 2 aromatic rings. The molecule has 0 bridgehead atoms. The van der Waals surface area contributed by atoms with E-state index in [0.717, 1.165) is 20.3 Å². The molecule has 19 heavy (non-hydrogen) atoms. The van der Waals surface area contributed by atoms with Crippen LogP contribution in [0.4, 0.5) is 17.1 Å². The summed E-state index contributed by atoms with van der Waals surface area (Å²) in [6.07, 6.45) is 0. The van der Waals surface area contributed by atoms with Gasteiger partial charge in [-0.05, 0) is 52.3 Å². The van der Waals surface area contributed by atoms with Gasteiger partial charge in [-0.1, -0.05) is 15.9 Å². The van der Waals surface area contributed by atoms with E-state index in [4.69, 9.17) is 11.5 Å².